The zero-order valence-corrected chi connectivity index (χ0v) is 11.3. The summed E-state index contributed by atoms with van der Waals surface area (Å²) in [7, 11) is 0. The molecule has 0 saturated carbocycles. The largest absolute Gasteiger partial charge is 0.364 e. The number of aliphatic hydroxyl groups is 1. The molecule has 110 valence electrons. The molecule has 0 saturated heterocycles. The van der Waals surface area contributed by atoms with Gasteiger partial charge in [0, 0.05) is 31.3 Å². The lowest BCUT2D eigenvalue weighted by atomic mass is 10.1. The second-order valence-corrected chi connectivity index (χ2v) is 4.93. The number of amides is 1. The van der Waals surface area contributed by atoms with Gasteiger partial charge in [0.25, 0.3) is 6.43 Å². The Morgan fingerprint density at radius 3 is 2.80 bits per heavy atom. The number of carbonyl (C=O) groups excluding carboxylic acids is 1. The molecule has 1 N–H and O–H groups in total. The number of carbonyl (C=O) groups is 1. The predicted octanol–water partition coefficient (Wildman–Crippen LogP) is 1.14. The monoisotopic (exact) mass is 286 g/mol. The molecule has 8 heteroatoms. The van der Waals surface area contributed by atoms with Gasteiger partial charge in [-0.25, -0.2) is 8.78 Å². The first kappa shape index (κ1) is 14.6. The summed E-state index contributed by atoms with van der Waals surface area (Å²) in [5, 5.41) is 18.1. The van der Waals surface area contributed by atoms with Crippen LogP contribution in [0.15, 0.2) is 17.5 Å². The van der Waals surface area contributed by atoms with E-state index in [-0.39, 0.29) is 19.4 Å². The fourth-order valence-electron chi connectivity index (χ4n) is 2.09. The number of aromatic nitrogens is 2. The number of hydrazone groups is 1. The van der Waals surface area contributed by atoms with Crippen LogP contribution in [0.4, 0.5) is 8.78 Å². The SMILES string of the molecule is CC1=NN(C(=O)CCn2cc(C)cn2)C(O)(C(F)F)C1. The van der Waals surface area contributed by atoms with Gasteiger partial charge in [0.15, 0.2) is 0 Å². The van der Waals surface area contributed by atoms with Gasteiger partial charge in [-0.15, -0.1) is 0 Å². The molecule has 2 rings (SSSR count). The molecule has 20 heavy (non-hydrogen) atoms. The van der Waals surface area contributed by atoms with Crippen LogP contribution in [0, 0.1) is 6.92 Å². The van der Waals surface area contributed by atoms with E-state index >= 15 is 0 Å². The van der Waals surface area contributed by atoms with Gasteiger partial charge >= 0.3 is 0 Å². The van der Waals surface area contributed by atoms with Gasteiger partial charge in [-0.1, -0.05) is 0 Å². The third-order valence-electron chi connectivity index (χ3n) is 3.06. The van der Waals surface area contributed by atoms with Crippen LogP contribution in [0.3, 0.4) is 0 Å². The van der Waals surface area contributed by atoms with Gasteiger partial charge in [-0.2, -0.15) is 15.2 Å². The molecular weight excluding hydrogens is 270 g/mol. The van der Waals surface area contributed by atoms with E-state index in [4.69, 9.17) is 0 Å². The van der Waals surface area contributed by atoms with Crippen molar-refractivity contribution in [3.63, 3.8) is 0 Å². The lowest BCUT2D eigenvalue weighted by molar-refractivity contribution is -0.192. The van der Waals surface area contributed by atoms with E-state index in [2.05, 4.69) is 10.2 Å². The van der Waals surface area contributed by atoms with Gasteiger partial charge < -0.3 is 5.11 Å². The highest BCUT2D eigenvalue weighted by Crippen LogP contribution is 2.31. The highest BCUT2D eigenvalue weighted by Gasteiger charge is 2.50. The van der Waals surface area contributed by atoms with Crippen molar-refractivity contribution in [3.05, 3.63) is 18.0 Å². The fraction of sp³-hybridized carbons (Fsp3) is 0.583. The number of alkyl halides is 2. The third kappa shape index (κ3) is 2.69. The molecule has 2 heterocycles. The number of nitrogens with zero attached hydrogens (tertiary/aromatic N) is 4. The maximum atomic E-state index is 12.9. The van der Waals surface area contributed by atoms with E-state index < -0.39 is 18.1 Å². The molecule has 0 radical (unpaired) electrons. The van der Waals surface area contributed by atoms with Crippen molar-refractivity contribution in [1.82, 2.24) is 14.8 Å². The first-order valence-electron chi connectivity index (χ1n) is 6.19. The molecule has 0 fully saturated rings. The topological polar surface area (TPSA) is 70.7 Å². The molecule has 0 aromatic carbocycles. The summed E-state index contributed by atoms with van der Waals surface area (Å²) < 4.78 is 27.4. The minimum absolute atomic E-state index is 0.0626. The third-order valence-corrected chi connectivity index (χ3v) is 3.06. The van der Waals surface area contributed by atoms with Crippen LogP contribution in [0.2, 0.25) is 0 Å². The van der Waals surface area contributed by atoms with Gasteiger partial charge in [0.2, 0.25) is 11.6 Å². The average molecular weight is 286 g/mol. The van der Waals surface area contributed by atoms with E-state index in [0.717, 1.165) is 5.56 Å². The molecule has 1 aliphatic heterocycles. The van der Waals surface area contributed by atoms with Gasteiger partial charge in [-0.05, 0) is 19.4 Å². The minimum atomic E-state index is -3.07. The van der Waals surface area contributed by atoms with Crippen LogP contribution >= 0.6 is 0 Å². The van der Waals surface area contributed by atoms with Crippen LogP contribution in [-0.2, 0) is 11.3 Å². The van der Waals surface area contributed by atoms with Gasteiger partial charge in [-0.3, -0.25) is 9.48 Å². The quantitative estimate of drug-likeness (QED) is 0.902. The zero-order valence-electron chi connectivity index (χ0n) is 11.3. The molecule has 0 aliphatic carbocycles. The Bertz CT molecular complexity index is 543. The normalized spacial score (nSPS) is 22.5. The van der Waals surface area contributed by atoms with Crippen molar-refractivity contribution in [2.24, 2.45) is 5.10 Å². The van der Waals surface area contributed by atoms with E-state index in [9.17, 15) is 18.7 Å². The number of aryl methyl sites for hydroxylation is 2. The van der Waals surface area contributed by atoms with Gasteiger partial charge in [0.05, 0.1) is 6.20 Å². The van der Waals surface area contributed by atoms with Crippen LogP contribution in [0.25, 0.3) is 0 Å². The second kappa shape index (κ2) is 5.28. The summed E-state index contributed by atoms with van der Waals surface area (Å²) in [6.45, 7) is 3.60. The summed E-state index contributed by atoms with van der Waals surface area (Å²) in [4.78, 5) is 12.0. The number of halogens is 2. The number of hydrogen-bond acceptors (Lipinski definition) is 4. The predicted molar refractivity (Wildman–Crippen MR) is 67.1 cm³/mol. The Morgan fingerprint density at radius 1 is 1.55 bits per heavy atom. The summed E-state index contributed by atoms with van der Waals surface area (Å²) in [6.07, 6.45) is -0.0902. The van der Waals surface area contributed by atoms with Crippen molar-refractivity contribution in [1.29, 1.82) is 0 Å². The first-order valence-corrected chi connectivity index (χ1v) is 6.19. The van der Waals surface area contributed by atoms with Crippen LogP contribution < -0.4 is 0 Å². The first-order chi connectivity index (χ1) is 9.33. The fourth-order valence-corrected chi connectivity index (χ4v) is 2.09. The molecule has 1 amide bonds. The smallest absolute Gasteiger partial charge is 0.287 e. The maximum absolute atomic E-state index is 12.9. The highest BCUT2D eigenvalue weighted by molar-refractivity contribution is 5.88. The Kier molecular flexibility index (Phi) is 3.85. The Labute approximate surface area is 114 Å². The Morgan fingerprint density at radius 2 is 2.25 bits per heavy atom. The maximum Gasteiger partial charge on any atom is 0.287 e. The second-order valence-electron chi connectivity index (χ2n) is 4.93. The van der Waals surface area contributed by atoms with Crippen LogP contribution in [0.1, 0.15) is 25.3 Å². The minimum Gasteiger partial charge on any atom is -0.364 e. The van der Waals surface area contributed by atoms with E-state index in [1.165, 1.54) is 6.92 Å². The molecule has 6 nitrogen and oxygen atoms in total. The Balaban J connectivity index is 2.04. The van der Waals surface area contributed by atoms with Crippen molar-refractivity contribution in [3.8, 4) is 0 Å². The van der Waals surface area contributed by atoms with Gasteiger partial charge in [0.1, 0.15) is 0 Å². The summed E-state index contributed by atoms with van der Waals surface area (Å²) in [5.41, 5.74) is -1.28. The summed E-state index contributed by atoms with van der Waals surface area (Å²) in [5.74, 6) is -0.655. The van der Waals surface area contributed by atoms with Crippen molar-refractivity contribution >= 4 is 11.6 Å². The zero-order chi connectivity index (χ0) is 14.9. The number of hydrogen-bond donors (Lipinski definition) is 1. The van der Waals surface area contributed by atoms with E-state index in [1.54, 1.807) is 17.1 Å². The molecule has 1 aromatic heterocycles. The van der Waals surface area contributed by atoms with E-state index in [1.807, 2.05) is 6.92 Å². The molecular formula is C12H16F2N4O2. The molecule has 1 aliphatic rings. The van der Waals surface area contributed by atoms with Crippen LogP contribution in [-0.4, -0.2) is 43.7 Å². The van der Waals surface area contributed by atoms with E-state index in [0.29, 0.717) is 10.7 Å². The molecule has 1 aromatic rings. The summed E-state index contributed by atoms with van der Waals surface area (Å²) in [6, 6.07) is 0. The highest BCUT2D eigenvalue weighted by atomic mass is 19.3. The van der Waals surface area contributed by atoms with Crippen molar-refractivity contribution < 1.29 is 18.7 Å². The standard InChI is InChI=1S/C12H16F2N4O2/c1-8-6-15-17(7-8)4-3-10(19)18-12(20,11(13)14)5-9(2)16-18/h6-7,11,20H,3-5H2,1-2H3. The average Bonchev–Trinajstić information content (AvgIpc) is 2.91. The molecule has 1 atom stereocenters. The van der Waals surface area contributed by atoms with Crippen LogP contribution in [0.5, 0.6) is 0 Å². The molecule has 0 spiro atoms. The molecule has 0 bridgehead atoms. The lowest BCUT2D eigenvalue weighted by Crippen LogP contribution is -2.51. The number of rotatable bonds is 4. The lowest BCUT2D eigenvalue weighted by Gasteiger charge is -2.30. The molecule has 1 unspecified atom stereocenters. The Hall–Kier alpha value is -1.83. The van der Waals surface area contributed by atoms with Crippen molar-refractivity contribution in [2.45, 2.75) is 45.4 Å². The summed E-state index contributed by atoms with van der Waals surface area (Å²) >= 11 is 0. The van der Waals surface area contributed by atoms with Crippen molar-refractivity contribution in [2.75, 3.05) is 0 Å².